The summed E-state index contributed by atoms with van der Waals surface area (Å²) < 4.78 is 0. The highest BCUT2D eigenvalue weighted by atomic mass is 16.3. The van der Waals surface area contributed by atoms with E-state index in [1.54, 1.807) is 0 Å². The molecule has 0 aromatic heterocycles. The van der Waals surface area contributed by atoms with Crippen LogP contribution in [0.2, 0.25) is 0 Å². The van der Waals surface area contributed by atoms with Gasteiger partial charge in [0.15, 0.2) is 0 Å². The smallest absolute Gasteiger partial charge is 0.217 e. The van der Waals surface area contributed by atoms with Crippen LogP contribution in [0.15, 0.2) is 0 Å². The van der Waals surface area contributed by atoms with Gasteiger partial charge in [-0.25, -0.2) is 0 Å². The summed E-state index contributed by atoms with van der Waals surface area (Å²) in [5.41, 5.74) is 0. The molecule has 0 aliphatic heterocycles. The Labute approximate surface area is 99.2 Å². The molecular weight excluding hydrogens is 228 g/mol. The molecule has 0 saturated carbocycles. The largest absolute Gasteiger partial charge is 0.391 e. The molecule has 0 saturated heterocycles. The fourth-order valence-corrected chi connectivity index (χ4v) is 1.38. The average Bonchev–Trinajstić information content (AvgIpc) is 2.20. The molecule has 17 heavy (non-hydrogen) atoms. The third-order valence-electron chi connectivity index (χ3n) is 2.14. The van der Waals surface area contributed by atoms with E-state index in [4.69, 9.17) is 0 Å². The summed E-state index contributed by atoms with van der Waals surface area (Å²) in [5, 5.41) is 23.8. The maximum atomic E-state index is 10.9. The van der Waals surface area contributed by atoms with Crippen LogP contribution in [0.25, 0.3) is 0 Å². The number of nitrogens with one attached hydrogen (secondary N) is 2. The molecule has 0 aliphatic rings. The lowest BCUT2D eigenvalue weighted by Crippen LogP contribution is -2.58. The highest BCUT2D eigenvalue weighted by Gasteiger charge is 2.31. The normalized spacial score (nSPS) is 17.5. The highest BCUT2D eigenvalue weighted by Crippen LogP contribution is 2.04. The molecule has 0 aromatic rings. The summed E-state index contributed by atoms with van der Waals surface area (Å²) in [4.78, 5) is 32.4. The number of carbonyl (C=O) groups is 3. The molecule has 0 rings (SSSR count). The SMILES string of the molecule is CC(=O)NC(C=O)C(O)C(NC(C)=O)C(C)O. The van der Waals surface area contributed by atoms with Crippen LogP contribution in [-0.2, 0) is 14.4 Å². The van der Waals surface area contributed by atoms with E-state index in [0.717, 1.165) is 0 Å². The summed E-state index contributed by atoms with van der Waals surface area (Å²) >= 11 is 0. The molecular formula is C10H18N2O5. The second kappa shape index (κ2) is 6.97. The summed E-state index contributed by atoms with van der Waals surface area (Å²) in [6.07, 6.45) is -2.12. The first-order valence-electron chi connectivity index (χ1n) is 5.15. The Bertz CT molecular complexity index is 292. The molecule has 7 nitrogen and oxygen atoms in total. The maximum Gasteiger partial charge on any atom is 0.217 e. The standard InChI is InChI=1S/C10H18N2O5/c1-5(14)9(12-7(3)16)10(17)8(4-13)11-6(2)15/h4-5,8-10,14,17H,1-3H3,(H,11,15)(H,12,16). The van der Waals surface area contributed by atoms with Crippen molar-refractivity contribution in [2.75, 3.05) is 0 Å². The molecule has 0 fully saturated rings. The first-order valence-corrected chi connectivity index (χ1v) is 5.15. The van der Waals surface area contributed by atoms with Crippen LogP contribution < -0.4 is 10.6 Å². The van der Waals surface area contributed by atoms with Crippen LogP contribution in [0.5, 0.6) is 0 Å². The Hall–Kier alpha value is -1.47. The van der Waals surface area contributed by atoms with Gasteiger partial charge in [0.2, 0.25) is 11.8 Å². The van der Waals surface area contributed by atoms with Gasteiger partial charge in [0.05, 0.1) is 12.1 Å². The van der Waals surface area contributed by atoms with Crippen LogP contribution in [-0.4, -0.2) is 52.6 Å². The van der Waals surface area contributed by atoms with Crippen LogP contribution in [0.1, 0.15) is 20.8 Å². The predicted octanol–water partition coefficient (Wildman–Crippen LogP) is -2.06. The fourth-order valence-electron chi connectivity index (χ4n) is 1.38. The van der Waals surface area contributed by atoms with Crippen molar-refractivity contribution < 1.29 is 24.6 Å². The Morgan fingerprint density at radius 1 is 1.12 bits per heavy atom. The molecule has 0 bridgehead atoms. The number of hydrogen-bond acceptors (Lipinski definition) is 5. The highest BCUT2D eigenvalue weighted by molar-refractivity contribution is 5.78. The van der Waals surface area contributed by atoms with Crippen molar-refractivity contribution in [2.45, 2.75) is 45.1 Å². The van der Waals surface area contributed by atoms with Crippen LogP contribution in [0.4, 0.5) is 0 Å². The fraction of sp³-hybridized carbons (Fsp3) is 0.700. The number of aldehydes is 1. The second-order valence-corrected chi connectivity index (χ2v) is 3.82. The number of aliphatic hydroxyl groups is 2. The van der Waals surface area contributed by atoms with Gasteiger partial charge >= 0.3 is 0 Å². The van der Waals surface area contributed by atoms with Crippen molar-refractivity contribution in [1.29, 1.82) is 0 Å². The van der Waals surface area contributed by atoms with Crippen LogP contribution in [0, 0.1) is 0 Å². The number of carbonyl (C=O) groups excluding carboxylic acids is 3. The molecule has 0 heterocycles. The Morgan fingerprint density at radius 2 is 1.59 bits per heavy atom. The molecule has 0 radical (unpaired) electrons. The molecule has 0 aliphatic carbocycles. The van der Waals surface area contributed by atoms with Crippen molar-refractivity contribution >= 4 is 18.1 Å². The Morgan fingerprint density at radius 3 is 1.88 bits per heavy atom. The molecule has 98 valence electrons. The van der Waals surface area contributed by atoms with Crippen LogP contribution in [0.3, 0.4) is 0 Å². The molecule has 4 atom stereocenters. The van der Waals surface area contributed by atoms with E-state index >= 15 is 0 Å². The van der Waals surface area contributed by atoms with Gasteiger partial charge < -0.3 is 25.6 Å². The summed E-state index contributed by atoms with van der Waals surface area (Å²) in [7, 11) is 0. The lowest BCUT2D eigenvalue weighted by molar-refractivity contribution is -0.126. The average molecular weight is 246 g/mol. The zero-order valence-electron chi connectivity index (χ0n) is 10.0. The van der Waals surface area contributed by atoms with Crippen LogP contribution >= 0.6 is 0 Å². The number of aliphatic hydroxyl groups excluding tert-OH is 2. The van der Waals surface area contributed by atoms with Gasteiger partial charge in [-0.05, 0) is 6.92 Å². The number of hydrogen-bond donors (Lipinski definition) is 4. The summed E-state index contributed by atoms with van der Waals surface area (Å²) in [5.74, 6) is -0.948. The van der Waals surface area contributed by atoms with E-state index in [0.29, 0.717) is 6.29 Å². The lowest BCUT2D eigenvalue weighted by atomic mass is 9.99. The third kappa shape index (κ3) is 5.41. The van der Waals surface area contributed by atoms with E-state index in [1.807, 2.05) is 0 Å². The monoisotopic (exact) mass is 246 g/mol. The van der Waals surface area contributed by atoms with Gasteiger partial charge in [-0.3, -0.25) is 9.59 Å². The first-order chi connectivity index (χ1) is 7.79. The van der Waals surface area contributed by atoms with Gasteiger partial charge in [-0.1, -0.05) is 0 Å². The number of rotatable bonds is 6. The first kappa shape index (κ1) is 15.5. The second-order valence-electron chi connectivity index (χ2n) is 3.82. The van der Waals surface area contributed by atoms with Crippen molar-refractivity contribution in [2.24, 2.45) is 0 Å². The van der Waals surface area contributed by atoms with Gasteiger partial charge in [0.25, 0.3) is 0 Å². The van der Waals surface area contributed by atoms with Crippen molar-refractivity contribution in [1.82, 2.24) is 10.6 Å². The minimum Gasteiger partial charge on any atom is -0.391 e. The van der Waals surface area contributed by atoms with Gasteiger partial charge in [-0.2, -0.15) is 0 Å². The molecule has 4 N–H and O–H groups in total. The minimum absolute atomic E-state index is 0.350. The topological polar surface area (TPSA) is 116 Å². The minimum atomic E-state index is -1.40. The van der Waals surface area contributed by atoms with E-state index in [-0.39, 0.29) is 0 Å². The summed E-state index contributed by atoms with van der Waals surface area (Å²) in [6.45, 7) is 3.77. The van der Waals surface area contributed by atoms with E-state index in [1.165, 1.54) is 20.8 Å². The Kier molecular flexibility index (Phi) is 6.37. The molecule has 0 spiro atoms. The predicted molar refractivity (Wildman–Crippen MR) is 59.0 cm³/mol. The lowest BCUT2D eigenvalue weighted by Gasteiger charge is -2.29. The van der Waals surface area contributed by atoms with Gasteiger partial charge in [-0.15, -0.1) is 0 Å². The molecule has 2 amide bonds. The Balaban J connectivity index is 4.77. The quantitative estimate of drug-likeness (QED) is 0.402. The van der Waals surface area contributed by atoms with E-state index < -0.39 is 36.1 Å². The third-order valence-corrected chi connectivity index (χ3v) is 2.14. The van der Waals surface area contributed by atoms with Crippen molar-refractivity contribution in [3.05, 3.63) is 0 Å². The van der Waals surface area contributed by atoms with Gasteiger partial charge in [0.1, 0.15) is 18.4 Å². The molecule has 7 heteroatoms. The van der Waals surface area contributed by atoms with E-state index in [2.05, 4.69) is 10.6 Å². The number of amides is 2. The molecule has 0 aromatic carbocycles. The van der Waals surface area contributed by atoms with Crippen molar-refractivity contribution in [3.63, 3.8) is 0 Å². The van der Waals surface area contributed by atoms with E-state index in [9.17, 15) is 24.6 Å². The zero-order valence-corrected chi connectivity index (χ0v) is 10.0. The maximum absolute atomic E-state index is 10.9. The summed E-state index contributed by atoms with van der Waals surface area (Å²) in [6, 6.07) is -2.21. The molecule has 4 unspecified atom stereocenters. The van der Waals surface area contributed by atoms with Crippen molar-refractivity contribution in [3.8, 4) is 0 Å². The van der Waals surface area contributed by atoms with Gasteiger partial charge in [0, 0.05) is 13.8 Å². The zero-order chi connectivity index (χ0) is 13.6.